The molecule has 0 spiro atoms. The van der Waals surface area contributed by atoms with Crippen molar-refractivity contribution in [1.82, 2.24) is 9.80 Å². The van der Waals surface area contributed by atoms with Crippen molar-refractivity contribution in [3.63, 3.8) is 0 Å². The van der Waals surface area contributed by atoms with Crippen molar-refractivity contribution in [3.05, 3.63) is 34.9 Å². The molecule has 4 rings (SSSR count). The van der Waals surface area contributed by atoms with E-state index in [1.165, 1.54) is 24.2 Å². The monoisotopic (exact) mass is 382 g/mol. The summed E-state index contributed by atoms with van der Waals surface area (Å²) in [6.45, 7) is 0. The Hall–Kier alpha value is -2.17. The molecule has 0 N–H and O–H groups in total. The van der Waals surface area contributed by atoms with Gasteiger partial charge < -0.3 is 4.90 Å². The number of rotatable bonds is 3. The maximum Gasteiger partial charge on any atom is 0.261 e. The normalized spacial score (nSPS) is 21.5. The molecule has 3 aliphatic rings. The number of amides is 3. The molecule has 1 aromatic carbocycles. The SMILES string of the molecule is CN(C(=O)c1ccc2c(c1)C(=O)N(C1CCCCC1)C2=O)C1CCCCCC1. The molecule has 2 aliphatic carbocycles. The number of benzene rings is 1. The Morgan fingerprint density at radius 3 is 2.11 bits per heavy atom. The Labute approximate surface area is 167 Å². The largest absolute Gasteiger partial charge is 0.339 e. The molecule has 28 heavy (non-hydrogen) atoms. The van der Waals surface area contributed by atoms with Crippen LogP contribution < -0.4 is 0 Å². The van der Waals surface area contributed by atoms with E-state index in [2.05, 4.69) is 0 Å². The van der Waals surface area contributed by atoms with Gasteiger partial charge in [0.15, 0.2) is 0 Å². The molecular weight excluding hydrogens is 352 g/mol. The van der Waals surface area contributed by atoms with Gasteiger partial charge in [0.25, 0.3) is 17.7 Å². The van der Waals surface area contributed by atoms with E-state index in [0.29, 0.717) is 16.7 Å². The minimum atomic E-state index is -0.223. The third kappa shape index (κ3) is 3.47. The fourth-order valence-electron chi connectivity index (χ4n) is 5.08. The third-order valence-electron chi connectivity index (χ3n) is 6.80. The third-order valence-corrected chi connectivity index (χ3v) is 6.80. The zero-order valence-corrected chi connectivity index (χ0v) is 16.8. The highest BCUT2D eigenvalue weighted by molar-refractivity contribution is 6.22. The van der Waals surface area contributed by atoms with Gasteiger partial charge in [0.2, 0.25) is 0 Å². The van der Waals surface area contributed by atoms with Crippen molar-refractivity contribution >= 4 is 17.7 Å². The molecule has 0 aromatic heterocycles. The minimum absolute atomic E-state index is 0.00830. The second-order valence-electron chi connectivity index (χ2n) is 8.59. The van der Waals surface area contributed by atoms with Gasteiger partial charge in [0.05, 0.1) is 11.1 Å². The average Bonchev–Trinajstić information content (AvgIpc) is 2.91. The van der Waals surface area contributed by atoms with Gasteiger partial charge in [0, 0.05) is 24.7 Å². The lowest BCUT2D eigenvalue weighted by molar-refractivity contribution is 0.0548. The van der Waals surface area contributed by atoms with Gasteiger partial charge in [-0.25, -0.2) is 0 Å². The van der Waals surface area contributed by atoms with Crippen LogP contribution in [0.25, 0.3) is 0 Å². The van der Waals surface area contributed by atoms with Crippen LogP contribution in [0.5, 0.6) is 0 Å². The Bertz CT molecular complexity index is 774. The van der Waals surface area contributed by atoms with Crippen LogP contribution in [-0.4, -0.2) is 46.7 Å². The van der Waals surface area contributed by atoms with E-state index in [0.717, 1.165) is 51.4 Å². The van der Waals surface area contributed by atoms with Crippen LogP contribution in [-0.2, 0) is 0 Å². The highest BCUT2D eigenvalue weighted by Gasteiger charge is 2.40. The van der Waals surface area contributed by atoms with Gasteiger partial charge in [0.1, 0.15) is 0 Å². The van der Waals surface area contributed by atoms with E-state index in [9.17, 15) is 14.4 Å². The molecule has 2 saturated carbocycles. The summed E-state index contributed by atoms with van der Waals surface area (Å²) in [5.74, 6) is -0.465. The number of imide groups is 1. The van der Waals surface area contributed by atoms with Crippen LogP contribution in [0, 0.1) is 0 Å². The van der Waals surface area contributed by atoms with Crippen molar-refractivity contribution in [3.8, 4) is 0 Å². The van der Waals surface area contributed by atoms with Crippen molar-refractivity contribution < 1.29 is 14.4 Å². The van der Waals surface area contributed by atoms with Gasteiger partial charge in [-0.2, -0.15) is 0 Å². The summed E-state index contributed by atoms with van der Waals surface area (Å²) < 4.78 is 0. The summed E-state index contributed by atoms with van der Waals surface area (Å²) in [4.78, 5) is 42.1. The van der Waals surface area contributed by atoms with E-state index in [1.54, 1.807) is 18.2 Å². The van der Waals surface area contributed by atoms with Crippen molar-refractivity contribution in [2.75, 3.05) is 7.05 Å². The quantitative estimate of drug-likeness (QED) is 0.575. The predicted molar refractivity (Wildman–Crippen MR) is 107 cm³/mol. The Kier molecular flexibility index (Phi) is 5.51. The zero-order valence-electron chi connectivity index (χ0n) is 16.8. The topological polar surface area (TPSA) is 57.7 Å². The number of hydrogen-bond donors (Lipinski definition) is 0. The first-order valence-corrected chi connectivity index (χ1v) is 10.9. The Morgan fingerprint density at radius 1 is 0.857 bits per heavy atom. The molecule has 0 atom stereocenters. The highest BCUT2D eigenvalue weighted by Crippen LogP contribution is 2.32. The fourth-order valence-corrected chi connectivity index (χ4v) is 5.08. The van der Waals surface area contributed by atoms with E-state index in [4.69, 9.17) is 0 Å². The molecule has 0 radical (unpaired) electrons. The highest BCUT2D eigenvalue weighted by atomic mass is 16.2. The lowest BCUT2D eigenvalue weighted by Crippen LogP contribution is -2.40. The first-order valence-electron chi connectivity index (χ1n) is 10.9. The summed E-state index contributed by atoms with van der Waals surface area (Å²) in [6, 6.07) is 5.30. The smallest absolute Gasteiger partial charge is 0.261 e. The molecule has 1 aromatic rings. The standard InChI is InChI=1S/C23H30N2O3/c1-24(17-9-5-2-3-6-10-17)21(26)16-13-14-19-20(15-16)23(28)25(22(19)27)18-11-7-4-8-12-18/h13-15,17-18H,2-12H2,1H3. The van der Waals surface area contributed by atoms with Crippen LogP contribution >= 0.6 is 0 Å². The van der Waals surface area contributed by atoms with E-state index >= 15 is 0 Å². The summed E-state index contributed by atoms with van der Waals surface area (Å²) >= 11 is 0. The average molecular weight is 383 g/mol. The number of hydrogen-bond acceptors (Lipinski definition) is 3. The van der Waals surface area contributed by atoms with Gasteiger partial charge in [-0.3, -0.25) is 19.3 Å². The summed E-state index contributed by atoms with van der Waals surface area (Å²) in [6.07, 6.45) is 12.0. The van der Waals surface area contributed by atoms with Crippen molar-refractivity contribution in [2.24, 2.45) is 0 Å². The van der Waals surface area contributed by atoms with Crippen LogP contribution in [0.15, 0.2) is 18.2 Å². The maximum absolute atomic E-state index is 13.0. The molecule has 1 aliphatic heterocycles. The van der Waals surface area contributed by atoms with E-state index in [-0.39, 0.29) is 29.8 Å². The number of carbonyl (C=O) groups excluding carboxylic acids is 3. The van der Waals surface area contributed by atoms with Gasteiger partial charge >= 0.3 is 0 Å². The molecule has 3 amide bonds. The van der Waals surface area contributed by atoms with Crippen molar-refractivity contribution in [2.45, 2.75) is 82.7 Å². The lowest BCUT2D eigenvalue weighted by atomic mass is 9.94. The Morgan fingerprint density at radius 2 is 1.43 bits per heavy atom. The number of fused-ring (bicyclic) bond motifs is 1. The number of nitrogens with zero attached hydrogens (tertiary/aromatic N) is 2. The van der Waals surface area contributed by atoms with Crippen LogP contribution in [0.1, 0.15) is 102 Å². The van der Waals surface area contributed by atoms with E-state index < -0.39 is 0 Å². The molecular formula is C23H30N2O3. The maximum atomic E-state index is 13.0. The fraction of sp³-hybridized carbons (Fsp3) is 0.609. The molecule has 5 heteroatoms. The molecule has 0 saturated heterocycles. The van der Waals surface area contributed by atoms with Crippen LogP contribution in [0.2, 0.25) is 0 Å². The van der Waals surface area contributed by atoms with Crippen LogP contribution in [0.4, 0.5) is 0 Å². The van der Waals surface area contributed by atoms with E-state index in [1.807, 2.05) is 11.9 Å². The van der Waals surface area contributed by atoms with Gasteiger partial charge in [-0.1, -0.05) is 44.9 Å². The van der Waals surface area contributed by atoms with Crippen LogP contribution in [0.3, 0.4) is 0 Å². The second-order valence-corrected chi connectivity index (χ2v) is 8.59. The molecule has 150 valence electrons. The minimum Gasteiger partial charge on any atom is -0.339 e. The number of carbonyl (C=O) groups is 3. The van der Waals surface area contributed by atoms with Gasteiger partial charge in [-0.15, -0.1) is 0 Å². The molecule has 1 heterocycles. The first kappa shape index (κ1) is 19.2. The summed E-state index contributed by atoms with van der Waals surface area (Å²) in [5.41, 5.74) is 1.36. The second kappa shape index (κ2) is 8.06. The zero-order chi connectivity index (χ0) is 19.7. The van der Waals surface area contributed by atoms with Gasteiger partial charge in [-0.05, 0) is 43.9 Å². The summed E-state index contributed by atoms with van der Waals surface area (Å²) in [7, 11) is 1.87. The lowest BCUT2D eigenvalue weighted by Gasteiger charge is -2.29. The molecule has 2 fully saturated rings. The molecule has 0 unspecified atom stereocenters. The first-order chi connectivity index (χ1) is 13.6. The predicted octanol–water partition coefficient (Wildman–Crippen LogP) is 4.41. The van der Waals surface area contributed by atoms with Crippen molar-refractivity contribution in [1.29, 1.82) is 0 Å². The Balaban J connectivity index is 1.54. The molecule has 0 bridgehead atoms. The summed E-state index contributed by atoms with van der Waals surface area (Å²) in [5, 5.41) is 0. The molecule has 5 nitrogen and oxygen atoms in total.